The maximum absolute atomic E-state index is 12.7. The van der Waals surface area contributed by atoms with Gasteiger partial charge in [0.25, 0.3) is 5.56 Å². The van der Waals surface area contributed by atoms with Crippen molar-refractivity contribution in [3.8, 4) is 0 Å². The van der Waals surface area contributed by atoms with Crippen molar-refractivity contribution in [2.45, 2.75) is 39.9 Å². The van der Waals surface area contributed by atoms with E-state index < -0.39 is 0 Å². The van der Waals surface area contributed by atoms with Crippen molar-refractivity contribution in [2.24, 2.45) is 0 Å². The lowest BCUT2D eigenvalue weighted by molar-refractivity contribution is 0.601. The Morgan fingerprint density at radius 1 is 1.00 bits per heavy atom. The van der Waals surface area contributed by atoms with Gasteiger partial charge in [0.15, 0.2) is 11.2 Å². The van der Waals surface area contributed by atoms with Crippen LogP contribution in [0.1, 0.15) is 19.4 Å². The number of aromatic nitrogens is 4. The molecule has 0 saturated heterocycles. The fourth-order valence-electron chi connectivity index (χ4n) is 2.92. The first-order valence-electron chi connectivity index (χ1n) is 8.01. The van der Waals surface area contributed by atoms with E-state index in [9.17, 15) is 9.59 Å². The van der Waals surface area contributed by atoms with Crippen LogP contribution in [-0.2, 0) is 26.1 Å². The highest BCUT2D eigenvalue weighted by Crippen LogP contribution is 2.17. The largest absolute Gasteiger partial charge is 0.332 e. The molecule has 0 amide bonds. The van der Waals surface area contributed by atoms with Gasteiger partial charge >= 0.3 is 5.69 Å². The third-order valence-electron chi connectivity index (χ3n) is 4.17. The fourth-order valence-corrected chi connectivity index (χ4v) is 3.17. The van der Waals surface area contributed by atoms with E-state index in [-0.39, 0.29) is 16.5 Å². The molecule has 0 aliphatic carbocycles. The van der Waals surface area contributed by atoms with E-state index in [4.69, 9.17) is 11.6 Å². The highest BCUT2D eigenvalue weighted by atomic mass is 35.5. The highest BCUT2D eigenvalue weighted by molar-refractivity contribution is 6.29. The highest BCUT2D eigenvalue weighted by Gasteiger charge is 2.19. The summed E-state index contributed by atoms with van der Waals surface area (Å²) in [6.07, 6.45) is 0.725. The Morgan fingerprint density at radius 3 is 2.29 bits per heavy atom. The predicted molar refractivity (Wildman–Crippen MR) is 94.8 cm³/mol. The second-order valence-electron chi connectivity index (χ2n) is 5.52. The zero-order valence-corrected chi connectivity index (χ0v) is 14.5. The number of aryl methyl sites for hydroxylation is 3. The van der Waals surface area contributed by atoms with E-state index in [1.165, 1.54) is 9.13 Å². The van der Waals surface area contributed by atoms with Gasteiger partial charge < -0.3 is 4.57 Å². The molecule has 0 atom stereocenters. The van der Waals surface area contributed by atoms with Crippen molar-refractivity contribution in [1.82, 2.24) is 18.7 Å². The number of halogens is 1. The van der Waals surface area contributed by atoms with Crippen LogP contribution in [0, 0.1) is 0 Å². The van der Waals surface area contributed by atoms with Crippen molar-refractivity contribution >= 4 is 22.8 Å². The van der Waals surface area contributed by atoms with Crippen molar-refractivity contribution in [1.29, 1.82) is 0 Å². The maximum atomic E-state index is 12.7. The van der Waals surface area contributed by atoms with Crippen LogP contribution < -0.4 is 11.2 Å². The van der Waals surface area contributed by atoms with E-state index in [0.29, 0.717) is 30.8 Å². The van der Waals surface area contributed by atoms with E-state index in [1.807, 2.05) is 37.3 Å². The minimum Gasteiger partial charge on any atom is -0.308 e. The monoisotopic (exact) mass is 346 g/mol. The molecule has 6 nitrogen and oxygen atoms in total. The van der Waals surface area contributed by atoms with Gasteiger partial charge in [0.1, 0.15) is 0 Å². The SMILES string of the molecule is CCn1c(=O)c2c(nc(Cl)n2CCc2ccccc2)n(CC)c1=O. The predicted octanol–water partition coefficient (Wildman–Crippen LogP) is 2.30. The molecule has 2 aromatic heterocycles. The Labute approximate surface area is 143 Å². The van der Waals surface area contributed by atoms with E-state index in [1.54, 1.807) is 11.5 Å². The Bertz CT molecular complexity index is 986. The number of imidazole rings is 1. The Morgan fingerprint density at radius 2 is 1.67 bits per heavy atom. The molecule has 0 aliphatic rings. The Balaban J connectivity index is 2.16. The summed E-state index contributed by atoms with van der Waals surface area (Å²) in [5.74, 6) is 0. The first-order valence-corrected chi connectivity index (χ1v) is 8.39. The third kappa shape index (κ3) is 2.67. The number of nitrogens with zero attached hydrogens (tertiary/aromatic N) is 4. The first-order chi connectivity index (χ1) is 11.6. The molecule has 0 unspecified atom stereocenters. The summed E-state index contributed by atoms with van der Waals surface area (Å²) in [7, 11) is 0. The van der Waals surface area contributed by atoms with Gasteiger partial charge in [0.05, 0.1) is 0 Å². The van der Waals surface area contributed by atoms with Gasteiger partial charge in [-0.25, -0.2) is 4.79 Å². The molecule has 0 aliphatic heterocycles. The van der Waals surface area contributed by atoms with Crippen molar-refractivity contribution in [3.63, 3.8) is 0 Å². The minimum atomic E-state index is -0.345. The van der Waals surface area contributed by atoms with Gasteiger partial charge in [-0.05, 0) is 37.4 Å². The lowest BCUT2D eigenvalue weighted by Gasteiger charge is -2.10. The summed E-state index contributed by atoms with van der Waals surface area (Å²) >= 11 is 6.27. The van der Waals surface area contributed by atoms with Crippen LogP contribution in [0.15, 0.2) is 39.9 Å². The average molecular weight is 347 g/mol. The van der Waals surface area contributed by atoms with Crippen LogP contribution in [0.25, 0.3) is 11.2 Å². The zero-order chi connectivity index (χ0) is 17.3. The second-order valence-corrected chi connectivity index (χ2v) is 5.85. The number of hydrogen-bond donors (Lipinski definition) is 0. The molecule has 0 spiro atoms. The lowest BCUT2D eigenvalue weighted by Crippen LogP contribution is -2.40. The molecule has 2 heterocycles. The van der Waals surface area contributed by atoms with Gasteiger partial charge in [-0.15, -0.1) is 0 Å². The number of hydrogen-bond acceptors (Lipinski definition) is 3. The molecule has 1 aromatic carbocycles. The number of benzene rings is 1. The standard InChI is InChI=1S/C17H19ClN4O2/c1-3-20-14-13(15(23)21(4-2)17(20)24)22(16(18)19-14)11-10-12-8-6-5-7-9-12/h5-9H,3-4,10-11H2,1-2H3. The number of rotatable bonds is 5. The molecule has 24 heavy (non-hydrogen) atoms. The van der Waals surface area contributed by atoms with Crippen molar-refractivity contribution < 1.29 is 0 Å². The van der Waals surface area contributed by atoms with E-state index in [2.05, 4.69) is 4.98 Å². The van der Waals surface area contributed by atoms with Crippen LogP contribution in [0.5, 0.6) is 0 Å². The smallest absolute Gasteiger partial charge is 0.308 e. The van der Waals surface area contributed by atoms with Gasteiger partial charge in [-0.3, -0.25) is 13.9 Å². The summed E-state index contributed by atoms with van der Waals surface area (Å²) in [6, 6.07) is 9.96. The molecule has 126 valence electrons. The molecule has 0 radical (unpaired) electrons. The Kier molecular flexibility index (Phi) is 4.57. The maximum Gasteiger partial charge on any atom is 0.332 e. The van der Waals surface area contributed by atoms with Gasteiger partial charge in [-0.2, -0.15) is 4.98 Å². The molecule has 3 aromatic rings. The summed E-state index contributed by atoms with van der Waals surface area (Å²) in [5, 5.41) is 0.230. The molecule has 3 rings (SSSR count). The van der Waals surface area contributed by atoms with Crippen LogP contribution >= 0.6 is 11.6 Å². The lowest BCUT2D eigenvalue weighted by atomic mass is 10.1. The number of fused-ring (bicyclic) bond motifs is 1. The quantitative estimate of drug-likeness (QED) is 0.666. The molecule has 0 saturated carbocycles. The summed E-state index contributed by atoms with van der Waals surface area (Å²) in [4.78, 5) is 29.4. The summed E-state index contributed by atoms with van der Waals surface area (Å²) < 4.78 is 4.41. The molecular formula is C17H19ClN4O2. The van der Waals surface area contributed by atoms with Crippen LogP contribution in [0.3, 0.4) is 0 Å². The van der Waals surface area contributed by atoms with Crippen molar-refractivity contribution in [3.05, 3.63) is 62.0 Å². The summed E-state index contributed by atoms with van der Waals surface area (Å²) in [6.45, 7) is 4.90. The van der Waals surface area contributed by atoms with E-state index in [0.717, 1.165) is 12.0 Å². The van der Waals surface area contributed by atoms with Crippen LogP contribution in [0.2, 0.25) is 5.28 Å². The minimum absolute atomic E-state index is 0.230. The van der Waals surface area contributed by atoms with Crippen molar-refractivity contribution in [2.75, 3.05) is 0 Å². The van der Waals surface area contributed by atoms with Crippen LogP contribution in [0.4, 0.5) is 0 Å². The van der Waals surface area contributed by atoms with Gasteiger partial charge in [0.2, 0.25) is 5.28 Å². The van der Waals surface area contributed by atoms with E-state index >= 15 is 0 Å². The molecular weight excluding hydrogens is 328 g/mol. The molecule has 0 fully saturated rings. The topological polar surface area (TPSA) is 61.8 Å². The van der Waals surface area contributed by atoms with Crippen LogP contribution in [-0.4, -0.2) is 18.7 Å². The average Bonchev–Trinajstić information content (AvgIpc) is 2.91. The van der Waals surface area contributed by atoms with Gasteiger partial charge in [0, 0.05) is 19.6 Å². The zero-order valence-electron chi connectivity index (χ0n) is 13.7. The molecule has 0 N–H and O–H groups in total. The normalized spacial score (nSPS) is 11.3. The third-order valence-corrected chi connectivity index (χ3v) is 4.46. The fraction of sp³-hybridized carbons (Fsp3) is 0.353. The Hall–Kier alpha value is -2.34. The summed E-state index contributed by atoms with van der Waals surface area (Å²) in [5.41, 5.74) is 1.21. The first kappa shape index (κ1) is 16.5. The second kappa shape index (κ2) is 6.65. The molecule has 7 heteroatoms. The van der Waals surface area contributed by atoms with Gasteiger partial charge in [-0.1, -0.05) is 30.3 Å². The molecule has 0 bridgehead atoms.